The van der Waals surface area contributed by atoms with Gasteiger partial charge in [-0.15, -0.1) is 0 Å². The lowest BCUT2D eigenvalue weighted by molar-refractivity contribution is 1.33. The van der Waals surface area contributed by atoms with Crippen molar-refractivity contribution in [2.75, 3.05) is 0 Å². The predicted molar refractivity (Wildman–Crippen MR) is 126 cm³/mol. The highest BCUT2D eigenvalue weighted by Gasteiger charge is 2.27. The van der Waals surface area contributed by atoms with E-state index in [0.717, 1.165) is 0 Å². The fraction of sp³-hybridized carbons (Fsp3) is 0.259. The lowest BCUT2D eigenvalue weighted by Gasteiger charge is -2.25. The molecule has 0 N–H and O–H groups in total. The number of hydrogen-bond donors (Lipinski definition) is 0. The second-order valence-corrected chi connectivity index (χ2v) is 8.36. The standard InChI is InChI=1S/C27H31B/c1-18-13-20(3)26(21(4)14-18)28(24(7)17-25-11-9-8-10-12-25)27-22(5)15-19(2)16-23(27)6/h8-17H,1-7H3/b24-17+. The van der Waals surface area contributed by atoms with E-state index in [2.05, 4.69) is 109 Å². The van der Waals surface area contributed by atoms with Gasteiger partial charge in [-0.05, 0) is 47.1 Å². The summed E-state index contributed by atoms with van der Waals surface area (Å²) in [6.07, 6.45) is 2.35. The summed E-state index contributed by atoms with van der Waals surface area (Å²) in [5, 5.41) is 0. The molecule has 3 rings (SSSR count). The Kier molecular flexibility index (Phi) is 5.94. The highest BCUT2D eigenvalue weighted by molar-refractivity contribution is 6.92. The first-order chi connectivity index (χ1) is 13.3. The summed E-state index contributed by atoms with van der Waals surface area (Å²) in [6.45, 7) is 16.0. The van der Waals surface area contributed by atoms with Crippen molar-refractivity contribution in [3.8, 4) is 0 Å². The Labute approximate surface area is 171 Å². The van der Waals surface area contributed by atoms with E-state index in [1.165, 1.54) is 55.3 Å². The molecule has 1 heteroatoms. The lowest BCUT2D eigenvalue weighted by Crippen LogP contribution is -2.48. The minimum absolute atomic E-state index is 0.265. The van der Waals surface area contributed by atoms with Crippen molar-refractivity contribution in [1.82, 2.24) is 0 Å². The van der Waals surface area contributed by atoms with Crippen LogP contribution in [0, 0.1) is 41.5 Å². The summed E-state index contributed by atoms with van der Waals surface area (Å²) in [5.74, 6) is 0. The number of benzene rings is 3. The first kappa shape index (κ1) is 20.2. The van der Waals surface area contributed by atoms with E-state index in [0.29, 0.717) is 0 Å². The summed E-state index contributed by atoms with van der Waals surface area (Å²) >= 11 is 0. The lowest BCUT2D eigenvalue weighted by atomic mass is 9.33. The monoisotopic (exact) mass is 366 g/mol. The summed E-state index contributed by atoms with van der Waals surface area (Å²) in [6, 6.07) is 20.0. The van der Waals surface area contributed by atoms with Crippen LogP contribution >= 0.6 is 0 Å². The fourth-order valence-corrected chi connectivity index (χ4v) is 4.79. The fourth-order valence-electron chi connectivity index (χ4n) is 4.79. The molecule has 0 atom stereocenters. The van der Waals surface area contributed by atoms with Gasteiger partial charge >= 0.3 is 0 Å². The zero-order valence-corrected chi connectivity index (χ0v) is 18.4. The Morgan fingerprint density at radius 2 is 1.04 bits per heavy atom. The van der Waals surface area contributed by atoms with Gasteiger partial charge in [-0.25, -0.2) is 0 Å². The third-order valence-corrected chi connectivity index (χ3v) is 5.70. The van der Waals surface area contributed by atoms with Gasteiger partial charge in [0.2, 0.25) is 6.71 Å². The van der Waals surface area contributed by atoms with E-state index in [-0.39, 0.29) is 6.71 Å². The molecule has 3 aromatic carbocycles. The van der Waals surface area contributed by atoms with E-state index in [4.69, 9.17) is 0 Å². The van der Waals surface area contributed by atoms with Crippen LogP contribution in [0.4, 0.5) is 0 Å². The van der Waals surface area contributed by atoms with Crippen LogP contribution in [0.2, 0.25) is 0 Å². The maximum absolute atomic E-state index is 2.35. The molecule has 28 heavy (non-hydrogen) atoms. The van der Waals surface area contributed by atoms with Crippen LogP contribution in [0.3, 0.4) is 0 Å². The molecule has 0 nitrogen and oxygen atoms in total. The Hall–Kier alpha value is -2.54. The van der Waals surface area contributed by atoms with Crippen LogP contribution < -0.4 is 10.9 Å². The molecule has 142 valence electrons. The Bertz CT molecular complexity index is 922. The van der Waals surface area contributed by atoms with Gasteiger partial charge in [-0.1, -0.05) is 117 Å². The zero-order valence-electron chi connectivity index (χ0n) is 18.4. The zero-order chi connectivity index (χ0) is 20.4. The summed E-state index contributed by atoms with van der Waals surface area (Å²) in [4.78, 5) is 0. The third kappa shape index (κ3) is 4.14. The molecular weight excluding hydrogens is 335 g/mol. The minimum Gasteiger partial charge on any atom is -0.0933 e. The molecule has 0 aliphatic heterocycles. The highest BCUT2D eigenvalue weighted by atomic mass is 14.1. The largest absolute Gasteiger partial charge is 0.238 e. The van der Waals surface area contributed by atoms with Crippen molar-refractivity contribution in [1.29, 1.82) is 0 Å². The molecule has 0 unspecified atom stereocenters. The first-order valence-corrected chi connectivity index (χ1v) is 10.2. The smallest absolute Gasteiger partial charge is 0.0933 e. The number of aryl methyl sites for hydroxylation is 6. The van der Waals surface area contributed by atoms with E-state index < -0.39 is 0 Å². The Morgan fingerprint density at radius 3 is 1.43 bits per heavy atom. The quantitative estimate of drug-likeness (QED) is 0.513. The van der Waals surface area contributed by atoms with Crippen molar-refractivity contribution < 1.29 is 0 Å². The minimum atomic E-state index is 0.265. The maximum Gasteiger partial charge on any atom is 0.238 e. The van der Waals surface area contributed by atoms with Gasteiger partial charge in [0.1, 0.15) is 0 Å². The Morgan fingerprint density at radius 1 is 0.643 bits per heavy atom. The summed E-state index contributed by atoms with van der Waals surface area (Å²) in [7, 11) is 0. The van der Waals surface area contributed by atoms with Crippen LogP contribution in [-0.2, 0) is 0 Å². The van der Waals surface area contributed by atoms with Gasteiger partial charge in [0.25, 0.3) is 0 Å². The first-order valence-electron chi connectivity index (χ1n) is 10.2. The molecule has 0 heterocycles. The highest BCUT2D eigenvalue weighted by Crippen LogP contribution is 2.18. The number of rotatable bonds is 4. The molecular formula is C27H31B. The van der Waals surface area contributed by atoms with Gasteiger partial charge in [-0.3, -0.25) is 0 Å². The predicted octanol–water partition coefficient (Wildman–Crippen LogP) is 5.79. The second kappa shape index (κ2) is 8.23. The maximum atomic E-state index is 2.35. The molecule has 0 spiro atoms. The van der Waals surface area contributed by atoms with Crippen molar-refractivity contribution in [3.05, 3.63) is 99.0 Å². The van der Waals surface area contributed by atoms with Gasteiger partial charge < -0.3 is 0 Å². The van der Waals surface area contributed by atoms with Crippen LogP contribution in [0.25, 0.3) is 6.08 Å². The van der Waals surface area contributed by atoms with Crippen molar-refractivity contribution >= 4 is 23.7 Å². The molecule has 0 aliphatic carbocycles. The molecule has 0 fully saturated rings. The molecule has 0 bridgehead atoms. The molecule has 0 amide bonds. The van der Waals surface area contributed by atoms with Crippen molar-refractivity contribution in [3.63, 3.8) is 0 Å². The van der Waals surface area contributed by atoms with Crippen LogP contribution in [-0.4, -0.2) is 6.71 Å². The van der Waals surface area contributed by atoms with Crippen molar-refractivity contribution in [2.45, 2.75) is 48.5 Å². The van der Waals surface area contributed by atoms with Gasteiger partial charge in [0, 0.05) is 0 Å². The van der Waals surface area contributed by atoms with E-state index in [1.807, 2.05) is 0 Å². The average Bonchev–Trinajstić information content (AvgIpc) is 2.59. The molecule has 0 aliphatic rings. The van der Waals surface area contributed by atoms with E-state index >= 15 is 0 Å². The molecule has 0 aromatic heterocycles. The van der Waals surface area contributed by atoms with Gasteiger partial charge in [0.05, 0.1) is 0 Å². The van der Waals surface area contributed by atoms with Gasteiger partial charge in [0.15, 0.2) is 0 Å². The second-order valence-electron chi connectivity index (χ2n) is 8.36. The number of hydrogen-bond acceptors (Lipinski definition) is 0. The molecule has 0 saturated carbocycles. The van der Waals surface area contributed by atoms with E-state index in [1.54, 1.807) is 0 Å². The van der Waals surface area contributed by atoms with Crippen molar-refractivity contribution in [2.24, 2.45) is 0 Å². The van der Waals surface area contributed by atoms with E-state index in [9.17, 15) is 0 Å². The Balaban J connectivity index is 2.29. The molecule has 0 saturated heterocycles. The van der Waals surface area contributed by atoms with Crippen LogP contribution in [0.5, 0.6) is 0 Å². The average molecular weight is 366 g/mol. The SMILES string of the molecule is C/C(=C\c1ccccc1)B(c1c(C)cc(C)cc1C)c1c(C)cc(C)cc1C. The van der Waals surface area contributed by atoms with Crippen LogP contribution in [0.15, 0.2) is 60.1 Å². The summed E-state index contributed by atoms with van der Waals surface area (Å²) < 4.78 is 0. The topological polar surface area (TPSA) is 0 Å². The normalized spacial score (nSPS) is 11.6. The third-order valence-electron chi connectivity index (χ3n) is 5.70. The van der Waals surface area contributed by atoms with Gasteiger partial charge in [-0.2, -0.15) is 0 Å². The number of allylic oxidation sites excluding steroid dienone is 1. The summed E-state index contributed by atoms with van der Waals surface area (Å²) in [5.41, 5.74) is 13.7. The molecule has 3 aromatic rings. The van der Waals surface area contributed by atoms with Crippen LogP contribution in [0.1, 0.15) is 45.9 Å². The molecule has 0 radical (unpaired) electrons.